The maximum atomic E-state index is 13.6. The summed E-state index contributed by atoms with van der Waals surface area (Å²) in [4.78, 5) is 12.1. The topological polar surface area (TPSA) is 29.1 Å². The van der Waals surface area contributed by atoms with Crippen molar-refractivity contribution in [3.05, 3.63) is 70.5 Å². The maximum absolute atomic E-state index is 13.6. The molecule has 1 atom stereocenters. The molecule has 0 unspecified atom stereocenters. The fourth-order valence-electron chi connectivity index (χ4n) is 2.64. The van der Waals surface area contributed by atoms with E-state index in [-0.39, 0.29) is 17.4 Å². The number of halogens is 3. The van der Waals surface area contributed by atoms with Crippen LogP contribution >= 0.6 is 0 Å². The fraction of sp³-hybridized carbons (Fsp3) is 0.188. The molecule has 0 bridgehead atoms. The Morgan fingerprint density at radius 2 is 1.86 bits per heavy atom. The van der Waals surface area contributed by atoms with Crippen LogP contribution in [-0.2, 0) is 6.42 Å². The van der Waals surface area contributed by atoms with Crippen molar-refractivity contribution >= 4 is 5.91 Å². The van der Waals surface area contributed by atoms with Crippen molar-refractivity contribution in [1.82, 2.24) is 5.32 Å². The minimum Gasteiger partial charge on any atom is -0.345 e. The maximum Gasteiger partial charge on any atom is 0.251 e. The van der Waals surface area contributed by atoms with Crippen LogP contribution in [0.4, 0.5) is 13.2 Å². The monoisotopic (exact) mass is 291 g/mol. The molecule has 0 spiro atoms. The van der Waals surface area contributed by atoms with Crippen molar-refractivity contribution in [2.45, 2.75) is 18.9 Å². The molecule has 0 aromatic heterocycles. The summed E-state index contributed by atoms with van der Waals surface area (Å²) in [5.41, 5.74) is 1.39. The molecule has 3 rings (SSSR count). The summed E-state index contributed by atoms with van der Waals surface area (Å²) < 4.78 is 39.6. The number of carbonyl (C=O) groups is 1. The summed E-state index contributed by atoms with van der Waals surface area (Å²) in [6, 6.07) is 7.42. The van der Waals surface area contributed by atoms with E-state index in [1.165, 1.54) is 12.1 Å². The van der Waals surface area contributed by atoms with Crippen LogP contribution in [0.25, 0.3) is 0 Å². The lowest BCUT2D eigenvalue weighted by Crippen LogP contribution is -2.27. The number of nitrogens with one attached hydrogen (secondary N) is 1. The normalized spacial score (nSPS) is 16.6. The van der Waals surface area contributed by atoms with Crippen LogP contribution in [0.1, 0.15) is 33.9 Å². The van der Waals surface area contributed by atoms with Crippen molar-refractivity contribution in [3.63, 3.8) is 0 Å². The molecule has 1 aliphatic rings. The molecule has 2 aromatic rings. The molecule has 0 saturated heterocycles. The molecule has 1 aliphatic carbocycles. The molecular weight excluding hydrogens is 279 g/mol. The Labute approximate surface area is 119 Å². The van der Waals surface area contributed by atoms with E-state index < -0.39 is 17.5 Å². The highest BCUT2D eigenvalue weighted by Gasteiger charge is 2.26. The highest BCUT2D eigenvalue weighted by Crippen LogP contribution is 2.32. The Morgan fingerprint density at radius 1 is 1.05 bits per heavy atom. The molecule has 0 aliphatic heterocycles. The van der Waals surface area contributed by atoms with Crippen LogP contribution in [0, 0.1) is 17.5 Å². The number of carbonyl (C=O) groups excluding carboxylic acids is 1. The molecule has 2 aromatic carbocycles. The van der Waals surface area contributed by atoms with Crippen LogP contribution in [0.3, 0.4) is 0 Å². The van der Waals surface area contributed by atoms with Crippen molar-refractivity contribution in [2.75, 3.05) is 0 Å². The predicted octanol–water partition coefficient (Wildman–Crippen LogP) is 3.52. The molecule has 0 heterocycles. The van der Waals surface area contributed by atoms with Crippen LogP contribution in [0.5, 0.6) is 0 Å². The van der Waals surface area contributed by atoms with Gasteiger partial charge in [0, 0.05) is 5.56 Å². The molecule has 0 fully saturated rings. The summed E-state index contributed by atoms with van der Waals surface area (Å²) in [5.74, 6) is -2.85. The average molecular weight is 291 g/mol. The number of hydrogen-bond acceptors (Lipinski definition) is 1. The Hall–Kier alpha value is -2.30. The van der Waals surface area contributed by atoms with Crippen molar-refractivity contribution in [2.24, 2.45) is 0 Å². The van der Waals surface area contributed by atoms with Crippen LogP contribution in [0.2, 0.25) is 0 Å². The number of benzene rings is 2. The minimum atomic E-state index is -1.07. The molecule has 1 N–H and O–H groups in total. The van der Waals surface area contributed by atoms with E-state index in [0.29, 0.717) is 18.4 Å². The summed E-state index contributed by atoms with van der Waals surface area (Å²) in [6.45, 7) is 0. The number of rotatable bonds is 2. The summed E-state index contributed by atoms with van der Waals surface area (Å²) >= 11 is 0. The van der Waals surface area contributed by atoms with Crippen molar-refractivity contribution in [1.29, 1.82) is 0 Å². The SMILES string of the molecule is O=C(N[C@H]1CCc2c(F)cccc21)c1ccc(F)c(F)c1. The molecule has 108 valence electrons. The van der Waals surface area contributed by atoms with Gasteiger partial charge in [0.05, 0.1) is 6.04 Å². The van der Waals surface area contributed by atoms with Gasteiger partial charge in [0.25, 0.3) is 5.91 Å². The van der Waals surface area contributed by atoms with Crippen LogP contribution < -0.4 is 5.32 Å². The van der Waals surface area contributed by atoms with E-state index in [4.69, 9.17) is 0 Å². The predicted molar refractivity (Wildman–Crippen MR) is 71.3 cm³/mol. The summed E-state index contributed by atoms with van der Waals surface area (Å²) in [7, 11) is 0. The number of amides is 1. The van der Waals surface area contributed by atoms with Gasteiger partial charge in [-0.1, -0.05) is 12.1 Å². The smallest absolute Gasteiger partial charge is 0.251 e. The van der Waals surface area contributed by atoms with Gasteiger partial charge in [-0.25, -0.2) is 13.2 Å². The fourth-order valence-corrected chi connectivity index (χ4v) is 2.64. The van der Waals surface area contributed by atoms with Crippen LogP contribution in [-0.4, -0.2) is 5.91 Å². The Balaban J connectivity index is 1.81. The van der Waals surface area contributed by atoms with Gasteiger partial charge in [0.2, 0.25) is 0 Å². The highest BCUT2D eigenvalue weighted by atomic mass is 19.2. The first-order valence-corrected chi connectivity index (χ1v) is 6.59. The van der Waals surface area contributed by atoms with E-state index >= 15 is 0 Å². The van der Waals surface area contributed by atoms with Gasteiger partial charge in [0.1, 0.15) is 5.82 Å². The summed E-state index contributed by atoms with van der Waals surface area (Å²) in [5, 5.41) is 2.73. The first kappa shape index (κ1) is 13.7. The zero-order chi connectivity index (χ0) is 15.0. The second kappa shape index (κ2) is 5.24. The molecule has 5 heteroatoms. The minimum absolute atomic E-state index is 0.0405. The molecular formula is C16H12F3NO. The first-order chi connectivity index (χ1) is 10.1. The number of fused-ring (bicyclic) bond motifs is 1. The molecule has 0 saturated carbocycles. The lowest BCUT2D eigenvalue weighted by atomic mass is 10.1. The Kier molecular flexibility index (Phi) is 3.41. The third-order valence-electron chi connectivity index (χ3n) is 3.70. The van der Waals surface area contributed by atoms with Gasteiger partial charge in [-0.3, -0.25) is 4.79 Å². The first-order valence-electron chi connectivity index (χ1n) is 6.59. The Morgan fingerprint density at radius 3 is 2.62 bits per heavy atom. The zero-order valence-electron chi connectivity index (χ0n) is 11.0. The van der Waals surface area contributed by atoms with E-state index in [1.54, 1.807) is 12.1 Å². The average Bonchev–Trinajstić information content (AvgIpc) is 2.86. The molecule has 0 radical (unpaired) electrons. The lowest BCUT2D eigenvalue weighted by Gasteiger charge is -2.14. The van der Waals surface area contributed by atoms with Gasteiger partial charge >= 0.3 is 0 Å². The van der Waals surface area contributed by atoms with Crippen molar-refractivity contribution < 1.29 is 18.0 Å². The van der Waals surface area contributed by atoms with E-state index in [1.807, 2.05) is 0 Å². The second-order valence-corrected chi connectivity index (χ2v) is 5.00. The second-order valence-electron chi connectivity index (χ2n) is 5.00. The molecule has 21 heavy (non-hydrogen) atoms. The molecule has 1 amide bonds. The van der Waals surface area contributed by atoms with Gasteiger partial charge in [-0.05, 0) is 48.2 Å². The largest absolute Gasteiger partial charge is 0.345 e. The third-order valence-corrected chi connectivity index (χ3v) is 3.70. The van der Waals surface area contributed by atoms with E-state index in [0.717, 1.165) is 17.7 Å². The standard InChI is InChI=1S/C16H12F3NO/c17-12-3-1-2-11-10(12)5-7-15(11)20-16(21)9-4-6-13(18)14(19)8-9/h1-4,6,8,15H,5,7H2,(H,20,21)/t15-/m0/s1. The van der Waals surface area contributed by atoms with Gasteiger partial charge < -0.3 is 5.32 Å². The number of hydrogen-bond donors (Lipinski definition) is 1. The van der Waals surface area contributed by atoms with Crippen molar-refractivity contribution in [3.8, 4) is 0 Å². The quantitative estimate of drug-likeness (QED) is 0.901. The van der Waals surface area contributed by atoms with Crippen LogP contribution in [0.15, 0.2) is 36.4 Å². The van der Waals surface area contributed by atoms with E-state index in [2.05, 4.69) is 5.32 Å². The molecule has 2 nitrogen and oxygen atoms in total. The van der Waals surface area contributed by atoms with E-state index in [9.17, 15) is 18.0 Å². The Bertz CT molecular complexity index is 715. The van der Waals surface area contributed by atoms with Gasteiger partial charge in [0.15, 0.2) is 11.6 Å². The van der Waals surface area contributed by atoms with Gasteiger partial charge in [-0.2, -0.15) is 0 Å². The zero-order valence-corrected chi connectivity index (χ0v) is 11.0. The highest BCUT2D eigenvalue weighted by molar-refractivity contribution is 5.94. The summed E-state index contributed by atoms with van der Waals surface area (Å²) in [6.07, 6.45) is 1.14. The third kappa shape index (κ3) is 2.51. The van der Waals surface area contributed by atoms with Gasteiger partial charge in [-0.15, -0.1) is 0 Å². The lowest BCUT2D eigenvalue weighted by molar-refractivity contribution is 0.0936.